The summed E-state index contributed by atoms with van der Waals surface area (Å²) in [5.74, 6) is 6.75. The third-order valence-electron chi connectivity index (χ3n) is 3.00. The zero-order valence-corrected chi connectivity index (χ0v) is 12.9. The molecule has 1 rings (SSSR count). The predicted molar refractivity (Wildman–Crippen MR) is 82.7 cm³/mol. The van der Waals surface area contributed by atoms with Crippen LogP contribution in [0.4, 0.5) is 0 Å². The topological polar surface area (TPSA) is 56.5 Å². The third kappa shape index (κ3) is 5.87. The van der Waals surface area contributed by atoms with E-state index in [1.54, 1.807) is 7.11 Å². The van der Waals surface area contributed by atoms with Gasteiger partial charge in [0.25, 0.3) is 0 Å². The van der Waals surface area contributed by atoms with Crippen molar-refractivity contribution in [1.82, 2.24) is 4.90 Å². The quantitative estimate of drug-likeness (QED) is 0.813. The van der Waals surface area contributed by atoms with Crippen LogP contribution in [0.3, 0.4) is 0 Å². The van der Waals surface area contributed by atoms with E-state index in [1.165, 1.54) is 0 Å². The van der Waals surface area contributed by atoms with Gasteiger partial charge in [-0.15, -0.1) is 0 Å². The van der Waals surface area contributed by atoms with E-state index in [0.29, 0.717) is 19.5 Å². The molecule has 0 radical (unpaired) electrons. The van der Waals surface area contributed by atoms with E-state index >= 15 is 0 Å². The summed E-state index contributed by atoms with van der Waals surface area (Å²) in [7, 11) is 3.63. The Morgan fingerprint density at radius 1 is 1.43 bits per heavy atom. The van der Waals surface area contributed by atoms with Crippen molar-refractivity contribution < 1.29 is 9.84 Å². The highest BCUT2D eigenvalue weighted by atomic mass is 16.5. The molecule has 0 heterocycles. The Bertz CT molecular complexity index is 552. The fraction of sp³-hybridized carbons (Fsp3) is 0.471. The van der Waals surface area contributed by atoms with Gasteiger partial charge >= 0.3 is 0 Å². The van der Waals surface area contributed by atoms with Gasteiger partial charge in [-0.1, -0.05) is 11.8 Å². The van der Waals surface area contributed by atoms with Crippen molar-refractivity contribution in [3.63, 3.8) is 0 Å². The SMILES string of the molecule is COc1ccc(C#CCCO)cc1CN(C)CC(C)C#N. The van der Waals surface area contributed by atoms with E-state index in [-0.39, 0.29) is 12.5 Å². The minimum Gasteiger partial charge on any atom is -0.496 e. The van der Waals surface area contributed by atoms with Crippen molar-refractivity contribution in [2.75, 3.05) is 27.3 Å². The van der Waals surface area contributed by atoms with Gasteiger partial charge in [-0.2, -0.15) is 5.26 Å². The van der Waals surface area contributed by atoms with Crippen molar-refractivity contribution >= 4 is 0 Å². The lowest BCUT2D eigenvalue weighted by atomic mass is 10.1. The second kappa shape index (κ2) is 9.02. The molecule has 21 heavy (non-hydrogen) atoms. The standard InChI is InChI=1S/C17H22N2O2/c1-14(11-18)12-19(2)13-16-10-15(6-4-5-9-20)7-8-17(16)21-3/h7-8,10,14,20H,5,9,12-13H2,1-3H3. The molecule has 4 heteroatoms. The molecule has 0 aliphatic rings. The molecular formula is C17H22N2O2. The minimum absolute atomic E-state index is 0.00600. The maximum atomic E-state index is 8.88. The van der Waals surface area contributed by atoms with Crippen LogP contribution in [-0.2, 0) is 6.54 Å². The third-order valence-corrected chi connectivity index (χ3v) is 3.00. The number of nitriles is 1. The van der Waals surface area contributed by atoms with Crippen molar-refractivity contribution in [1.29, 1.82) is 5.26 Å². The number of ether oxygens (including phenoxy) is 1. The van der Waals surface area contributed by atoms with Crippen LogP contribution < -0.4 is 4.74 Å². The zero-order chi connectivity index (χ0) is 15.7. The Balaban J connectivity index is 2.86. The molecule has 0 bridgehead atoms. The molecule has 1 aromatic rings. The van der Waals surface area contributed by atoms with Crippen LogP contribution in [0.5, 0.6) is 5.75 Å². The van der Waals surface area contributed by atoms with Crippen molar-refractivity contribution in [2.45, 2.75) is 19.9 Å². The number of benzene rings is 1. The average molecular weight is 286 g/mol. The van der Waals surface area contributed by atoms with E-state index in [0.717, 1.165) is 16.9 Å². The van der Waals surface area contributed by atoms with Crippen LogP contribution in [0, 0.1) is 29.1 Å². The molecule has 1 N–H and O–H groups in total. The fourth-order valence-corrected chi connectivity index (χ4v) is 2.06. The number of hydrogen-bond acceptors (Lipinski definition) is 4. The van der Waals surface area contributed by atoms with E-state index in [9.17, 15) is 0 Å². The second-order valence-electron chi connectivity index (χ2n) is 5.03. The first-order valence-electron chi connectivity index (χ1n) is 6.95. The Kier molecular flexibility index (Phi) is 7.32. The molecule has 1 aromatic carbocycles. The monoisotopic (exact) mass is 286 g/mol. The number of rotatable bonds is 6. The van der Waals surface area contributed by atoms with Gasteiger partial charge in [-0.25, -0.2) is 0 Å². The molecule has 0 saturated carbocycles. The maximum Gasteiger partial charge on any atom is 0.123 e. The second-order valence-corrected chi connectivity index (χ2v) is 5.03. The summed E-state index contributed by atoms with van der Waals surface area (Å²) in [6, 6.07) is 8.04. The molecule has 0 saturated heterocycles. The first-order chi connectivity index (χ1) is 10.1. The molecule has 0 aliphatic heterocycles. The van der Waals surface area contributed by atoms with Gasteiger partial charge in [0.05, 0.1) is 25.7 Å². The normalized spacial score (nSPS) is 11.4. The van der Waals surface area contributed by atoms with Gasteiger partial charge in [-0.05, 0) is 32.2 Å². The van der Waals surface area contributed by atoms with Crippen LogP contribution >= 0.6 is 0 Å². The number of nitrogens with zero attached hydrogens (tertiary/aromatic N) is 2. The lowest BCUT2D eigenvalue weighted by molar-refractivity contribution is 0.296. The van der Waals surface area contributed by atoms with Crippen LogP contribution in [0.25, 0.3) is 0 Å². The Hall–Kier alpha value is -2.01. The molecule has 0 aromatic heterocycles. The van der Waals surface area contributed by atoms with Crippen molar-refractivity contribution in [2.24, 2.45) is 5.92 Å². The molecule has 0 spiro atoms. The number of methoxy groups -OCH3 is 1. The zero-order valence-electron chi connectivity index (χ0n) is 12.9. The fourth-order valence-electron chi connectivity index (χ4n) is 2.06. The van der Waals surface area contributed by atoms with E-state index in [1.807, 2.05) is 32.2 Å². The van der Waals surface area contributed by atoms with Crippen LogP contribution in [0.15, 0.2) is 18.2 Å². The van der Waals surface area contributed by atoms with Crippen molar-refractivity contribution in [3.05, 3.63) is 29.3 Å². The lowest BCUT2D eigenvalue weighted by Crippen LogP contribution is -2.23. The first kappa shape index (κ1) is 17.0. The Morgan fingerprint density at radius 3 is 2.81 bits per heavy atom. The highest BCUT2D eigenvalue weighted by Gasteiger charge is 2.10. The van der Waals surface area contributed by atoms with Crippen LogP contribution in [0.2, 0.25) is 0 Å². The molecule has 0 aliphatic carbocycles. The first-order valence-corrected chi connectivity index (χ1v) is 6.95. The number of aliphatic hydroxyl groups is 1. The Morgan fingerprint density at radius 2 is 2.19 bits per heavy atom. The van der Waals surface area contributed by atoms with E-state index in [4.69, 9.17) is 15.1 Å². The van der Waals surface area contributed by atoms with Gasteiger partial charge in [0, 0.05) is 30.6 Å². The molecular weight excluding hydrogens is 264 g/mol. The summed E-state index contributed by atoms with van der Waals surface area (Å²) in [6.07, 6.45) is 0.473. The van der Waals surface area contributed by atoms with Gasteiger partial charge < -0.3 is 14.7 Å². The lowest BCUT2D eigenvalue weighted by Gasteiger charge is -2.19. The summed E-state index contributed by atoms with van der Waals surface area (Å²) in [5.41, 5.74) is 1.95. The summed E-state index contributed by atoms with van der Waals surface area (Å²) in [4.78, 5) is 2.09. The highest BCUT2D eigenvalue weighted by molar-refractivity contribution is 5.44. The summed E-state index contributed by atoms with van der Waals surface area (Å²) in [5, 5.41) is 17.6. The van der Waals surface area contributed by atoms with E-state index < -0.39 is 0 Å². The molecule has 0 amide bonds. The molecule has 4 nitrogen and oxygen atoms in total. The smallest absolute Gasteiger partial charge is 0.123 e. The van der Waals surface area contributed by atoms with E-state index in [2.05, 4.69) is 22.8 Å². The molecule has 1 atom stereocenters. The van der Waals surface area contributed by atoms with Gasteiger partial charge in [0.2, 0.25) is 0 Å². The van der Waals surface area contributed by atoms with Gasteiger partial charge in [-0.3, -0.25) is 0 Å². The van der Waals surface area contributed by atoms with Gasteiger partial charge in [0.15, 0.2) is 0 Å². The number of hydrogen-bond donors (Lipinski definition) is 1. The summed E-state index contributed by atoms with van der Waals surface area (Å²) >= 11 is 0. The van der Waals surface area contributed by atoms with Crippen molar-refractivity contribution in [3.8, 4) is 23.7 Å². The highest BCUT2D eigenvalue weighted by Crippen LogP contribution is 2.21. The largest absolute Gasteiger partial charge is 0.496 e. The molecule has 0 fully saturated rings. The maximum absolute atomic E-state index is 8.88. The number of aliphatic hydroxyl groups excluding tert-OH is 1. The molecule has 112 valence electrons. The van der Waals surface area contributed by atoms with Crippen LogP contribution in [0.1, 0.15) is 24.5 Å². The summed E-state index contributed by atoms with van der Waals surface area (Å²) in [6.45, 7) is 3.39. The predicted octanol–water partition coefficient (Wildman–Crippen LogP) is 2.02. The Labute approximate surface area is 127 Å². The minimum atomic E-state index is -0.00600. The molecule has 1 unspecified atom stereocenters. The van der Waals surface area contributed by atoms with Gasteiger partial charge in [0.1, 0.15) is 5.75 Å². The summed E-state index contributed by atoms with van der Waals surface area (Å²) < 4.78 is 5.38. The van der Waals surface area contributed by atoms with Crippen LogP contribution in [-0.4, -0.2) is 37.3 Å². The average Bonchev–Trinajstić information content (AvgIpc) is 2.47.